The Bertz CT molecular complexity index is 429. The zero-order valence-electron chi connectivity index (χ0n) is 8.12. The van der Waals surface area contributed by atoms with Gasteiger partial charge in [0.15, 0.2) is 4.34 Å². The molecule has 0 aliphatic rings. The van der Waals surface area contributed by atoms with Crippen molar-refractivity contribution in [3.05, 3.63) is 35.3 Å². The van der Waals surface area contributed by atoms with Gasteiger partial charge in [0, 0.05) is 4.90 Å². The first kappa shape index (κ1) is 10.6. The highest BCUT2D eigenvalue weighted by Crippen LogP contribution is 2.33. The van der Waals surface area contributed by atoms with Crippen LogP contribution in [-0.4, -0.2) is 15.3 Å². The molecule has 5 heteroatoms. The summed E-state index contributed by atoms with van der Waals surface area (Å²) in [5, 5.41) is 17.3. The first-order chi connectivity index (χ1) is 7.27. The minimum absolute atomic E-state index is 0.457. The molecule has 3 nitrogen and oxygen atoms in total. The van der Waals surface area contributed by atoms with Gasteiger partial charge in [0.05, 0.1) is 6.10 Å². The average molecular weight is 238 g/mol. The Balaban J connectivity index is 2.28. The Hall–Kier alpha value is -0.910. The Morgan fingerprint density at radius 1 is 1.40 bits per heavy atom. The summed E-state index contributed by atoms with van der Waals surface area (Å²) in [6.07, 6.45) is -0.457. The molecule has 1 N–H and O–H groups in total. The lowest BCUT2D eigenvalue weighted by Crippen LogP contribution is -1.93. The maximum atomic E-state index is 9.59. The summed E-state index contributed by atoms with van der Waals surface area (Å²) in [5.41, 5.74) is 2.63. The smallest absolute Gasteiger partial charge is 0.178 e. The van der Waals surface area contributed by atoms with Crippen LogP contribution in [0.2, 0.25) is 0 Å². The zero-order valence-corrected chi connectivity index (χ0v) is 9.76. The van der Waals surface area contributed by atoms with E-state index in [1.807, 2.05) is 24.3 Å². The fourth-order valence-electron chi connectivity index (χ4n) is 1.22. The van der Waals surface area contributed by atoms with Gasteiger partial charge in [0.1, 0.15) is 5.51 Å². The van der Waals surface area contributed by atoms with Crippen LogP contribution in [0.4, 0.5) is 0 Å². The van der Waals surface area contributed by atoms with Gasteiger partial charge in [-0.05, 0) is 18.6 Å². The Morgan fingerprint density at radius 3 is 2.87 bits per heavy atom. The minimum atomic E-state index is -0.457. The number of aliphatic hydroxyl groups is 1. The molecular formula is C10H10N2OS2. The van der Waals surface area contributed by atoms with Crippen molar-refractivity contribution in [3.63, 3.8) is 0 Å². The summed E-state index contributed by atoms with van der Waals surface area (Å²) in [5.74, 6) is 0. The second-order valence-corrected chi connectivity index (χ2v) is 5.14. The van der Waals surface area contributed by atoms with Crippen molar-refractivity contribution in [1.82, 2.24) is 10.2 Å². The third-order valence-electron chi connectivity index (χ3n) is 1.91. The molecule has 0 spiro atoms. The third kappa shape index (κ3) is 2.56. The lowest BCUT2D eigenvalue weighted by atomic mass is 10.1. The van der Waals surface area contributed by atoms with Crippen LogP contribution < -0.4 is 0 Å². The molecule has 1 heterocycles. The van der Waals surface area contributed by atoms with Crippen LogP contribution in [0.3, 0.4) is 0 Å². The fourth-order valence-corrected chi connectivity index (χ4v) is 2.87. The number of nitrogens with zero attached hydrogens (tertiary/aromatic N) is 2. The van der Waals surface area contributed by atoms with Gasteiger partial charge in [-0.2, -0.15) is 0 Å². The molecule has 1 aromatic heterocycles. The van der Waals surface area contributed by atoms with Gasteiger partial charge in [0.2, 0.25) is 0 Å². The Labute approximate surface area is 96.2 Å². The second-order valence-electron chi connectivity index (χ2n) is 3.02. The summed E-state index contributed by atoms with van der Waals surface area (Å²) >= 11 is 3.03. The molecule has 0 saturated carbocycles. The molecule has 0 amide bonds. The van der Waals surface area contributed by atoms with Crippen molar-refractivity contribution in [1.29, 1.82) is 0 Å². The molecule has 0 aliphatic carbocycles. The predicted molar refractivity (Wildman–Crippen MR) is 61.1 cm³/mol. The first-order valence-corrected chi connectivity index (χ1v) is 6.18. The molecule has 2 rings (SSSR count). The molecule has 78 valence electrons. The Morgan fingerprint density at radius 2 is 2.20 bits per heavy atom. The van der Waals surface area contributed by atoms with Gasteiger partial charge in [0.25, 0.3) is 0 Å². The van der Waals surface area contributed by atoms with Gasteiger partial charge in [-0.15, -0.1) is 10.2 Å². The van der Waals surface area contributed by atoms with Gasteiger partial charge >= 0.3 is 0 Å². The molecule has 0 radical (unpaired) electrons. The van der Waals surface area contributed by atoms with Crippen LogP contribution in [0.5, 0.6) is 0 Å². The summed E-state index contributed by atoms with van der Waals surface area (Å²) in [7, 11) is 0. The Kier molecular flexibility index (Phi) is 3.35. The van der Waals surface area contributed by atoms with E-state index in [9.17, 15) is 5.11 Å². The number of rotatable bonds is 3. The number of hydrogen-bond donors (Lipinski definition) is 1. The fraction of sp³-hybridized carbons (Fsp3) is 0.200. The third-order valence-corrected chi connectivity index (χ3v) is 3.78. The molecule has 0 aliphatic heterocycles. The number of benzene rings is 1. The highest BCUT2D eigenvalue weighted by Gasteiger charge is 2.09. The van der Waals surface area contributed by atoms with Gasteiger partial charge in [-0.1, -0.05) is 41.3 Å². The lowest BCUT2D eigenvalue weighted by molar-refractivity contribution is 0.196. The van der Waals surface area contributed by atoms with E-state index in [4.69, 9.17) is 0 Å². The van der Waals surface area contributed by atoms with E-state index in [-0.39, 0.29) is 0 Å². The van der Waals surface area contributed by atoms with Gasteiger partial charge in [-0.3, -0.25) is 0 Å². The van der Waals surface area contributed by atoms with Crippen LogP contribution in [0, 0.1) is 0 Å². The molecule has 0 saturated heterocycles. The van der Waals surface area contributed by atoms with Crippen molar-refractivity contribution in [3.8, 4) is 0 Å². The van der Waals surface area contributed by atoms with Crippen molar-refractivity contribution >= 4 is 23.1 Å². The van der Waals surface area contributed by atoms with Gasteiger partial charge < -0.3 is 5.11 Å². The van der Waals surface area contributed by atoms with E-state index in [0.29, 0.717) is 0 Å². The molecule has 1 aromatic carbocycles. The number of hydrogen-bond acceptors (Lipinski definition) is 5. The van der Waals surface area contributed by atoms with E-state index in [2.05, 4.69) is 10.2 Å². The molecule has 1 atom stereocenters. The van der Waals surface area contributed by atoms with Crippen LogP contribution in [-0.2, 0) is 0 Å². The van der Waals surface area contributed by atoms with Crippen LogP contribution >= 0.6 is 23.1 Å². The zero-order chi connectivity index (χ0) is 10.7. The first-order valence-electron chi connectivity index (χ1n) is 4.48. The minimum Gasteiger partial charge on any atom is -0.389 e. The van der Waals surface area contributed by atoms with E-state index >= 15 is 0 Å². The normalized spacial score (nSPS) is 12.7. The van der Waals surface area contributed by atoms with Crippen LogP contribution in [0.15, 0.2) is 39.0 Å². The van der Waals surface area contributed by atoms with E-state index in [1.165, 1.54) is 23.1 Å². The number of aromatic nitrogens is 2. The lowest BCUT2D eigenvalue weighted by Gasteiger charge is -2.09. The van der Waals surface area contributed by atoms with Crippen LogP contribution in [0.1, 0.15) is 18.6 Å². The average Bonchev–Trinajstić information content (AvgIpc) is 2.71. The number of aliphatic hydroxyl groups excluding tert-OH is 1. The van der Waals surface area contributed by atoms with Crippen molar-refractivity contribution in [2.45, 2.75) is 22.3 Å². The van der Waals surface area contributed by atoms with Crippen molar-refractivity contribution in [2.75, 3.05) is 0 Å². The van der Waals surface area contributed by atoms with Crippen LogP contribution in [0.25, 0.3) is 0 Å². The van der Waals surface area contributed by atoms with E-state index in [0.717, 1.165) is 14.8 Å². The van der Waals surface area contributed by atoms with Crippen molar-refractivity contribution in [2.24, 2.45) is 0 Å². The summed E-state index contributed by atoms with van der Waals surface area (Å²) in [4.78, 5) is 1.03. The van der Waals surface area contributed by atoms with Crippen molar-refractivity contribution < 1.29 is 5.11 Å². The van der Waals surface area contributed by atoms with E-state index < -0.39 is 6.10 Å². The summed E-state index contributed by atoms with van der Waals surface area (Å²) in [6.45, 7) is 1.76. The highest BCUT2D eigenvalue weighted by molar-refractivity contribution is 8.01. The standard InChI is InChI=1S/C10H10N2OS2/c1-7(13)8-4-2-3-5-9(8)15-10-12-11-6-14-10/h2-7,13H,1H3. The van der Waals surface area contributed by atoms with E-state index in [1.54, 1.807) is 12.4 Å². The quantitative estimate of drug-likeness (QED) is 0.893. The monoisotopic (exact) mass is 238 g/mol. The largest absolute Gasteiger partial charge is 0.389 e. The molecule has 1 unspecified atom stereocenters. The molecule has 0 fully saturated rings. The highest BCUT2D eigenvalue weighted by atomic mass is 32.2. The maximum Gasteiger partial charge on any atom is 0.178 e. The molecular weight excluding hydrogens is 228 g/mol. The molecule has 2 aromatic rings. The van der Waals surface area contributed by atoms with Gasteiger partial charge in [-0.25, -0.2) is 0 Å². The SMILES string of the molecule is CC(O)c1ccccc1Sc1nncs1. The topological polar surface area (TPSA) is 46.0 Å². The molecule has 0 bridgehead atoms. The molecule has 15 heavy (non-hydrogen) atoms. The predicted octanol–water partition coefficient (Wildman–Crippen LogP) is 2.74. The summed E-state index contributed by atoms with van der Waals surface area (Å²) < 4.78 is 0.892. The second kappa shape index (κ2) is 4.74. The summed E-state index contributed by atoms with van der Waals surface area (Å²) in [6, 6.07) is 7.78. The maximum absolute atomic E-state index is 9.59.